The summed E-state index contributed by atoms with van der Waals surface area (Å²) in [7, 11) is 1.41. The van der Waals surface area contributed by atoms with E-state index in [1.54, 1.807) is 11.0 Å². The number of hydrogen-bond acceptors (Lipinski definition) is 6. The quantitative estimate of drug-likeness (QED) is 0.672. The maximum absolute atomic E-state index is 14.2. The lowest BCUT2D eigenvalue weighted by atomic mass is 9.94. The minimum Gasteiger partial charge on any atom is -0.494 e. The van der Waals surface area contributed by atoms with Crippen LogP contribution in [-0.4, -0.2) is 69.2 Å². The third kappa shape index (κ3) is 3.79. The molecule has 31 heavy (non-hydrogen) atoms. The van der Waals surface area contributed by atoms with Crippen LogP contribution in [0.2, 0.25) is 0 Å². The second-order valence-electron chi connectivity index (χ2n) is 8.42. The van der Waals surface area contributed by atoms with Gasteiger partial charge in [0.2, 0.25) is 0 Å². The van der Waals surface area contributed by atoms with Crippen molar-refractivity contribution in [3.8, 4) is 5.75 Å². The van der Waals surface area contributed by atoms with Crippen molar-refractivity contribution >= 4 is 5.91 Å². The second-order valence-corrected chi connectivity index (χ2v) is 8.42. The zero-order valence-corrected chi connectivity index (χ0v) is 18.6. The molecule has 2 heterocycles. The lowest BCUT2D eigenvalue weighted by Gasteiger charge is -2.39. The molecule has 1 atom stereocenters. The topological polar surface area (TPSA) is 76.4 Å². The van der Waals surface area contributed by atoms with Gasteiger partial charge in [0.25, 0.3) is 5.91 Å². The fourth-order valence-corrected chi connectivity index (χ4v) is 5.25. The zero-order valence-electron chi connectivity index (χ0n) is 18.6. The van der Waals surface area contributed by atoms with E-state index in [1.807, 2.05) is 4.68 Å². The third-order valence-electron chi connectivity index (χ3n) is 6.88. The monoisotopic (exact) mass is 430 g/mol. The van der Waals surface area contributed by atoms with Crippen molar-refractivity contribution in [1.82, 2.24) is 30.0 Å². The number of halogens is 1. The molecule has 0 radical (unpaired) electrons. The largest absolute Gasteiger partial charge is 0.494 e. The SMILES string of the molecule is CCN(CC)C1(c2nnnn2C2CCCC2)CCN(C(=O)c2ccc(OC)c(F)c2)C1. The zero-order chi connectivity index (χ0) is 22.0. The molecule has 2 fully saturated rings. The molecule has 9 heteroatoms. The van der Waals surface area contributed by atoms with Crippen LogP contribution in [0.5, 0.6) is 5.75 Å². The first-order valence-electron chi connectivity index (χ1n) is 11.2. The number of rotatable bonds is 7. The number of carbonyl (C=O) groups excluding carboxylic acids is 1. The average Bonchev–Trinajstić information content (AvgIpc) is 3.54. The molecular formula is C22H31FN6O2. The molecule has 1 saturated heterocycles. The van der Waals surface area contributed by atoms with Crippen molar-refractivity contribution in [1.29, 1.82) is 0 Å². The van der Waals surface area contributed by atoms with Crippen molar-refractivity contribution in [2.24, 2.45) is 0 Å². The number of nitrogens with zero attached hydrogens (tertiary/aromatic N) is 6. The van der Waals surface area contributed by atoms with Crippen molar-refractivity contribution in [3.63, 3.8) is 0 Å². The van der Waals surface area contributed by atoms with Gasteiger partial charge in [-0.05, 0) is 61.0 Å². The van der Waals surface area contributed by atoms with E-state index in [0.717, 1.165) is 38.2 Å². The molecule has 1 aromatic carbocycles. The van der Waals surface area contributed by atoms with Crippen LogP contribution in [0.15, 0.2) is 18.2 Å². The van der Waals surface area contributed by atoms with Gasteiger partial charge in [0.1, 0.15) is 5.54 Å². The molecule has 2 aromatic rings. The molecule has 0 spiro atoms. The molecule has 0 N–H and O–H groups in total. The first-order valence-corrected chi connectivity index (χ1v) is 11.2. The number of likely N-dealkylation sites (tertiary alicyclic amines) is 1. The van der Waals surface area contributed by atoms with Crippen LogP contribution in [0.4, 0.5) is 4.39 Å². The van der Waals surface area contributed by atoms with Crippen LogP contribution in [0.25, 0.3) is 0 Å². The van der Waals surface area contributed by atoms with Crippen LogP contribution in [-0.2, 0) is 5.54 Å². The van der Waals surface area contributed by atoms with Crippen LogP contribution < -0.4 is 4.74 Å². The van der Waals surface area contributed by atoms with E-state index in [4.69, 9.17) is 4.74 Å². The Morgan fingerprint density at radius 1 is 1.29 bits per heavy atom. The Hall–Kier alpha value is -2.55. The Balaban J connectivity index is 1.65. The Bertz CT molecular complexity index is 924. The molecule has 0 bridgehead atoms. The van der Waals surface area contributed by atoms with E-state index in [0.29, 0.717) is 24.7 Å². The molecule has 168 valence electrons. The fourth-order valence-electron chi connectivity index (χ4n) is 5.25. The third-order valence-corrected chi connectivity index (χ3v) is 6.88. The lowest BCUT2D eigenvalue weighted by molar-refractivity contribution is 0.0660. The van der Waals surface area contributed by atoms with Gasteiger partial charge in [0.15, 0.2) is 17.4 Å². The predicted octanol–water partition coefficient (Wildman–Crippen LogP) is 3.02. The molecule has 1 amide bonds. The summed E-state index contributed by atoms with van der Waals surface area (Å²) in [6.07, 6.45) is 5.29. The number of amides is 1. The Kier molecular flexibility index (Phi) is 6.22. The highest BCUT2D eigenvalue weighted by molar-refractivity contribution is 5.94. The van der Waals surface area contributed by atoms with Crippen molar-refractivity contribution < 1.29 is 13.9 Å². The highest BCUT2D eigenvalue weighted by Gasteiger charge is 2.49. The molecule has 1 unspecified atom stereocenters. The molecule has 1 aliphatic carbocycles. The maximum atomic E-state index is 14.2. The summed E-state index contributed by atoms with van der Waals surface area (Å²) in [5.74, 6) is 0.258. The molecule has 4 rings (SSSR count). The number of tetrazole rings is 1. The van der Waals surface area contributed by atoms with Crippen molar-refractivity contribution in [2.75, 3.05) is 33.3 Å². The summed E-state index contributed by atoms with van der Waals surface area (Å²) in [6.45, 7) is 6.95. The van der Waals surface area contributed by atoms with Crippen LogP contribution in [0, 0.1) is 5.82 Å². The summed E-state index contributed by atoms with van der Waals surface area (Å²) in [5, 5.41) is 12.9. The molecular weight excluding hydrogens is 399 g/mol. The lowest BCUT2D eigenvalue weighted by Crippen LogP contribution is -2.50. The van der Waals surface area contributed by atoms with Gasteiger partial charge in [-0.25, -0.2) is 9.07 Å². The number of hydrogen-bond donors (Lipinski definition) is 0. The number of benzene rings is 1. The predicted molar refractivity (Wildman–Crippen MR) is 113 cm³/mol. The average molecular weight is 431 g/mol. The normalized spacial score (nSPS) is 21.9. The molecule has 1 saturated carbocycles. The number of methoxy groups -OCH3 is 1. The molecule has 2 aliphatic rings. The standard InChI is InChI=1S/C22H31FN6O2/c1-4-28(5-2)22(21-24-25-26-29(21)17-8-6-7-9-17)12-13-27(15-22)20(30)16-10-11-19(31-3)18(23)14-16/h10-11,14,17H,4-9,12-13,15H2,1-3H3. The number of likely N-dealkylation sites (N-methyl/N-ethyl adjacent to an activating group) is 1. The van der Waals surface area contributed by atoms with Crippen LogP contribution >= 0.6 is 0 Å². The van der Waals surface area contributed by atoms with E-state index >= 15 is 0 Å². The highest BCUT2D eigenvalue weighted by Crippen LogP contribution is 2.40. The highest BCUT2D eigenvalue weighted by atomic mass is 19.1. The van der Waals surface area contributed by atoms with Gasteiger partial charge in [0.05, 0.1) is 13.2 Å². The van der Waals surface area contributed by atoms with E-state index in [2.05, 4.69) is 34.3 Å². The maximum Gasteiger partial charge on any atom is 0.254 e. The van der Waals surface area contributed by atoms with Crippen LogP contribution in [0.3, 0.4) is 0 Å². The summed E-state index contributed by atoms with van der Waals surface area (Å²) < 4.78 is 21.2. The summed E-state index contributed by atoms with van der Waals surface area (Å²) in [5.41, 5.74) is -0.125. The summed E-state index contributed by atoms with van der Waals surface area (Å²) >= 11 is 0. The van der Waals surface area contributed by atoms with Gasteiger partial charge in [-0.3, -0.25) is 9.69 Å². The van der Waals surface area contributed by atoms with Crippen LogP contribution in [0.1, 0.15) is 68.2 Å². The van der Waals surface area contributed by atoms with Crippen molar-refractivity contribution in [3.05, 3.63) is 35.4 Å². The Morgan fingerprint density at radius 2 is 2.03 bits per heavy atom. The van der Waals surface area contributed by atoms with E-state index in [1.165, 1.54) is 32.1 Å². The Labute approximate surface area is 182 Å². The van der Waals surface area contributed by atoms with Gasteiger partial charge in [-0.2, -0.15) is 0 Å². The van der Waals surface area contributed by atoms with E-state index in [-0.39, 0.29) is 11.7 Å². The first-order chi connectivity index (χ1) is 15.0. The van der Waals surface area contributed by atoms with Gasteiger partial charge < -0.3 is 9.64 Å². The van der Waals surface area contributed by atoms with Gasteiger partial charge in [0, 0.05) is 18.7 Å². The molecule has 1 aromatic heterocycles. The smallest absolute Gasteiger partial charge is 0.254 e. The molecule has 8 nitrogen and oxygen atoms in total. The number of ether oxygens (including phenoxy) is 1. The van der Waals surface area contributed by atoms with Gasteiger partial charge in [-0.15, -0.1) is 5.10 Å². The number of carbonyl (C=O) groups is 1. The summed E-state index contributed by atoms with van der Waals surface area (Å²) in [6, 6.07) is 4.68. The van der Waals surface area contributed by atoms with Gasteiger partial charge >= 0.3 is 0 Å². The molecule has 1 aliphatic heterocycles. The Morgan fingerprint density at radius 3 is 2.68 bits per heavy atom. The minimum absolute atomic E-state index is 0.131. The van der Waals surface area contributed by atoms with Gasteiger partial charge in [-0.1, -0.05) is 26.7 Å². The van der Waals surface area contributed by atoms with E-state index < -0.39 is 11.4 Å². The summed E-state index contributed by atoms with van der Waals surface area (Å²) in [4.78, 5) is 17.4. The second kappa shape index (κ2) is 8.90. The van der Waals surface area contributed by atoms with Crippen molar-refractivity contribution in [2.45, 2.75) is 57.5 Å². The first kappa shape index (κ1) is 21.7. The number of aromatic nitrogens is 4. The van der Waals surface area contributed by atoms with E-state index in [9.17, 15) is 9.18 Å². The minimum atomic E-state index is -0.535. The fraction of sp³-hybridized carbons (Fsp3) is 0.636.